The highest BCUT2D eigenvalue weighted by molar-refractivity contribution is 5.74. The molecule has 0 radical (unpaired) electrons. The molecule has 1 aliphatic heterocycles. The van der Waals surface area contributed by atoms with Gasteiger partial charge in [-0.3, -0.25) is 4.79 Å². The first-order chi connectivity index (χ1) is 9.58. The van der Waals surface area contributed by atoms with Crippen molar-refractivity contribution in [1.82, 2.24) is 9.80 Å². The van der Waals surface area contributed by atoms with Crippen LogP contribution in [0.2, 0.25) is 0 Å². The van der Waals surface area contributed by atoms with Crippen LogP contribution in [0.4, 0.5) is 4.79 Å². The van der Waals surface area contributed by atoms with Crippen molar-refractivity contribution >= 4 is 12.0 Å². The Morgan fingerprint density at radius 2 is 1.95 bits per heavy atom. The highest BCUT2D eigenvalue weighted by Gasteiger charge is 2.26. The summed E-state index contributed by atoms with van der Waals surface area (Å²) < 4.78 is 4.96. The Morgan fingerprint density at radius 1 is 1.30 bits per heavy atom. The van der Waals surface area contributed by atoms with E-state index in [1.807, 2.05) is 0 Å². The highest BCUT2D eigenvalue weighted by atomic mass is 16.5. The minimum absolute atomic E-state index is 0.0784. The van der Waals surface area contributed by atoms with Gasteiger partial charge >= 0.3 is 12.0 Å². The summed E-state index contributed by atoms with van der Waals surface area (Å²) in [6.07, 6.45) is 1.61. The molecule has 0 aromatic heterocycles. The molecule has 2 N–H and O–H groups in total. The number of carbonyl (C=O) groups is 2. The number of urea groups is 1. The van der Waals surface area contributed by atoms with E-state index in [9.17, 15) is 9.59 Å². The topological polar surface area (TPSA) is 90.3 Å². The summed E-state index contributed by atoms with van der Waals surface area (Å²) in [4.78, 5) is 26.3. The molecule has 1 rings (SSSR count). The second-order valence-corrected chi connectivity index (χ2v) is 5.01. The number of hydrogen-bond acceptors (Lipinski definition) is 4. The van der Waals surface area contributed by atoms with Crippen LogP contribution in [0.1, 0.15) is 19.3 Å². The van der Waals surface area contributed by atoms with Gasteiger partial charge in [0, 0.05) is 39.7 Å². The first-order valence-electron chi connectivity index (χ1n) is 6.94. The van der Waals surface area contributed by atoms with Gasteiger partial charge in [0.1, 0.15) is 0 Å². The number of methoxy groups -OCH3 is 1. The van der Waals surface area contributed by atoms with Crippen molar-refractivity contribution in [3.05, 3.63) is 0 Å². The average Bonchev–Trinajstić information content (AvgIpc) is 2.43. The Balaban J connectivity index is 2.44. The van der Waals surface area contributed by atoms with Gasteiger partial charge in [-0.15, -0.1) is 0 Å². The van der Waals surface area contributed by atoms with Gasteiger partial charge in [-0.25, -0.2) is 4.79 Å². The predicted octanol–water partition coefficient (Wildman–Crippen LogP) is 0.234. The molecule has 1 fully saturated rings. The van der Waals surface area contributed by atoms with Crippen LogP contribution in [-0.4, -0.2) is 78.5 Å². The number of rotatable bonds is 7. The number of piperidine rings is 1. The molecule has 2 amide bonds. The van der Waals surface area contributed by atoms with Gasteiger partial charge < -0.3 is 24.7 Å². The van der Waals surface area contributed by atoms with Crippen molar-refractivity contribution < 1.29 is 24.5 Å². The smallest absolute Gasteiger partial charge is 0.320 e. The second kappa shape index (κ2) is 8.76. The molecule has 7 heteroatoms. The summed E-state index contributed by atoms with van der Waals surface area (Å²) in [6, 6.07) is -0.107. The first kappa shape index (κ1) is 16.7. The Morgan fingerprint density at radius 3 is 2.45 bits per heavy atom. The van der Waals surface area contributed by atoms with Crippen LogP contribution in [0.3, 0.4) is 0 Å². The second-order valence-electron chi connectivity index (χ2n) is 5.01. The van der Waals surface area contributed by atoms with Crippen molar-refractivity contribution in [3.8, 4) is 0 Å². The summed E-state index contributed by atoms with van der Waals surface area (Å²) in [5.74, 6) is -0.626. The molecule has 0 atom stereocenters. The summed E-state index contributed by atoms with van der Waals surface area (Å²) in [5, 5.41) is 17.8. The molecule has 1 aliphatic rings. The molecule has 0 aromatic carbocycles. The predicted molar refractivity (Wildman–Crippen MR) is 72.5 cm³/mol. The van der Waals surface area contributed by atoms with E-state index in [-0.39, 0.29) is 31.5 Å². The zero-order valence-corrected chi connectivity index (χ0v) is 12.0. The van der Waals surface area contributed by atoms with Gasteiger partial charge in [0.15, 0.2) is 0 Å². The Labute approximate surface area is 119 Å². The highest BCUT2D eigenvalue weighted by Crippen LogP contribution is 2.21. The number of nitrogens with zero attached hydrogens (tertiary/aromatic N) is 2. The number of aliphatic carboxylic acids is 1. The number of aliphatic hydroxyl groups excluding tert-OH is 1. The molecular formula is C13H24N2O5. The van der Waals surface area contributed by atoms with Crippen LogP contribution in [0.15, 0.2) is 0 Å². The van der Waals surface area contributed by atoms with Crippen molar-refractivity contribution in [3.63, 3.8) is 0 Å². The molecule has 0 bridgehead atoms. The first-order valence-corrected chi connectivity index (χ1v) is 6.94. The molecule has 0 aliphatic carbocycles. The minimum Gasteiger partial charge on any atom is -0.481 e. The van der Waals surface area contributed by atoms with Crippen LogP contribution in [-0.2, 0) is 9.53 Å². The van der Waals surface area contributed by atoms with Crippen molar-refractivity contribution in [2.24, 2.45) is 5.92 Å². The van der Waals surface area contributed by atoms with Gasteiger partial charge in [0.05, 0.1) is 13.2 Å². The largest absolute Gasteiger partial charge is 0.481 e. The lowest BCUT2D eigenvalue weighted by molar-refractivity contribution is -0.138. The number of amides is 2. The maximum atomic E-state index is 12.3. The van der Waals surface area contributed by atoms with Gasteiger partial charge in [-0.05, 0) is 18.8 Å². The molecule has 116 valence electrons. The summed E-state index contributed by atoms with van der Waals surface area (Å²) in [7, 11) is 1.57. The minimum atomic E-state index is -0.781. The van der Waals surface area contributed by atoms with E-state index < -0.39 is 5.97 Å². The van der Waals surface area contributed by atoms with Gasteiger partial charge in [-0.2, -0.15) is 0 Å². The van der Waals surface area contributed by atoms with Gasteiger partial charge in [-0.1, -0.05) is 0 Å². The number of ether oxygens (including phenoxy) is 1. The van der Waals surface area contributed by atoms with Crippen LogP contribution in [0, 0.1) is 5.92 Å². The van der Waals surface area contributed by atoms with Crippen molar-refractivity contribution in [2.45, 2.75) is 19.3 Å². The number of carboxylic acids is 1. The quantitative estimate of drug-likeness (QED) is 0.700. The average molecular weight is 288 g/mol. The Hall–Kier alpha value is -1.34. The molecule has 0 aromatic rings. The maximum Gasteiger partial charge on any atom is 0.320 e. The number of aliphatic hydroxyl groups is 1. The van der Waals surface area contributed by atoms with Crippen LogP contribution >= 0.6 is 0 Å². The van der Waals surface area contributed by atoms with E-state index >= 15 is 0 Å². The molecule has 0 spiro atoms. The van der Waals surface area contributed by atoms with E-state index in [1.54, 1.807) is 16.9 Å². The van der Waals surface area contributed by atoms with Crippen LogP contribution < -0.4 is 0 Å². The van der Waals surface area contributed by atoms with E-state index in [4.69, 9.17) is 14.9 Å². The maximum absolute atomic E-state index is 12.3. The van der Waals surface area contributed by atoms with Crippen molar-refractivity contribution in [2.75, 3.05) is 46.5 Å². The Bertz CT molecular complexity index is 316. The summed E-state index contributed by atoms with van der Waals surface area (Å²) in [6.45, 7) is 2.24. The fourth-order valence-electron chi connectivity index (χ4n) is 2.40. The normalized spacial score (nSPS) is 16.2. The lowest BCUT2D eigenvalue weighted by Gasteiger charge is -2.35. The summed E-state index contributed by atoms with van der Waals surface area (Å²) >= 11 is 0. The third-order valence-electron chi connectivity index (χ3n) is 3.55. The zero-order valence-electron chi connectivity index (χ0n) is 12.0. The fraction of sp³-hybridized carbons (Fsp3) is 0.846. The van der Waals surface area contributed by atoms with Gasteiger partial charge in [0.25, 0.3) is 0 Å². The molecular weight excluding hydrogens is 264 g/mol. The van der Waals surface area contributed by atoms with E-state index in [0.717, 1.165) is 12.8 Å². The molecule has 0 unspecified atom stereocenters. The lowest BCUT2D eigenvalue weighted by atomic mass is 9.94. The molecule has 20 heavy (non-hydrogen) atoms. The van der Waals surface area contributed by atoms with E-state index in [0.29, 0.717) is 26.2 Å². The monoisotopic (exact) mass is 288 g/mol. The SMILES string of the molecule is COCCN(CCO)C(=O)N1CCC(CC(=O)O)CC1. The van der Waals surface area contributed by atoms with Gasteiger partial charge in [0.2, 0.25) is 0 Å². The molecule has 1 saturated heterocycles. The van der Waals surface area contributed by atoms with Crippen LogP contribution in [0.25, 0.3) is 0 Å². The van der Waals surface area contributed by atoms with Crippen LogP contribution in [0.5, 0.6) is 0 Å². The number of hydrogen-bond donors (Lipinski definition) is 2. The molecule has 7 nitrogen and oxygen atoms in total. The fourth-order valence-corrected chi connectivity index (χ4v) is 2.40. The number of carbonyl (C=O) groups excluding carboxylic acids is 1. The standard InChI is InChI=1S/C13H24N2O5/c1-20-9-7-15(6-8-16)13(19)14-4-2-11(3-5-14)10-12(17)18/h11,16H,2-10H2,1H3,(H,17,18). The Kier molecular flexibility index (Phi) is 7.32. The lowest BCUT2D eigenvalue weighted by Crippen LogP contribution is -2.48. The number of carboxylic acid groups (broad SMARTS) is 1. The van der Waals surface area contributed by atoms with Crippen molar-refractivity contribution in [1.29, 1.82) is 0 Å². The number of likely N-dealkylation sites (tertiary alicyclic amines) is 1. The van der Waals surface area contributed by atoms with E-state index in [1.165, 1.54) is 0 Å². The summed E-state index contributed by atoms with van der Waals surface area (Å²) in [5.41, 5.74) is 0. The third-order valence-corrected chi connectivity index (χ3v) is 3.55. The molecule has 1 heterocycles. The zero-order chi connectivity index (χ0) is 15.0. The molecule has 0 saturated carbocycles. The van der Waals surface area contributed by atoms with E-state index in [2.05, 4.69) is 0 Å². The third kappa shape index (κ3) is 5.34.